The molecule has 82 valence electrons. The van der Waals surface area contributed by atoms with Crippen LogP contribution in [0.4, 0.5) is 0 Å². The molecular formula is H5NO10S2. The van der Waals surface area contributed by atoms with Crippen LogP contribution in [-0.4, -0.2) is 40.3 Å². The molecule has 0 saturated carbocycles. The molecular weight excluding hydrogens is 238 g/mol. The van der Waals surface area contributed by atoms with Gasteiger partial charge >= 0.3 is 20.8 Å². The van der Waals surface area contributed by atoms with Crippen molar-refractivity contribution >= 4 is 20.8 Å². The molecule has 13 heteroatoms. The van der Waals surface area contributed by atoms with Crippen LogP contribution in [-0.2, 0) is 20.8 Å². The summed E-state index contributed by atoms with van der Waals surface area (Å²) in [5, 5.41) is 7.89. The van der Waals surface area contributed by atoms with E-state index < -0.39 is 20.8 Å². The third-order valence-corrected chi connectivity index (χ3v) is 0. The van der Waals surface area contributed by atoms with Gasteiger partial charge in [0.25, 0.3) is 0 Å². The van der Waals surface area contributed by atoms with Crippen molar-refractivity contribution in [2.75, 3.05) is 0 Å². The van der Waals surface area contributed by atoms with Crippen LogP contribution in [0.2, 0.25) is 0 Å². The van der Waals surface area contributed by atoms with Crippen molar-refractivity contribution < 1.29 is 40.3 Å². The van der Waals surface area contributed by atoms with Gasteiger partial charge in [-0.2, -0.15) is 16.8 Å². The first-order valence-corrected chi connectivity index (χ1v) is 4.57. The van der Waals surface area contributed by atoms with E-state index in [-0.39, 0.29) is 0 Å². The van der Waals surface area contributed by atoms with Gasteiger partial charge in [-0.1, -0.05) is 0 Å². The molecule has 11 nitrogen and oxygen atoms in total. The first kappa shape index (κ1) is 18.0. The van der Waals surface area contributed by atoms with Crippen molar-refractivity contribution in [1.82, 2.24) is 0 Å². The van der Waals surface area contributed by atoms with Crippen molar-refractivity contribution in [3.8, 4) is 0 Å². The molecule has 0 rings (SSSR count). The zero-order chi connectivity index (χ0) is 11.7. The van der Waals surface area contributed by atoms with Crippen molar-refractivity contribution in [1.29, 1.82) is 0 Å². The fourth-order valence-electron chi connectivity index (χ4n) is 0. The van der Waals surface area contributed by atoms with E-state index in [1.54, 1.807) is 0 Å². The Balaban J connectivity index is -0.000000120. The summed E-state index contributed by atoms with van der Waals surface area (Å²) in [5.74, 6) is 0. The lowest BCUT2D eigenvalue weighted by Gasteiger charge is -1.68. The van der Waals surface area contributed by atoms with Crippen molar-refractivity contribution in [2.45, 2.75) is 0 Å². The summed E-state index contributed by atoms with van der Waals surface area (Å²) in [4.78, 5) is 8.11. The third kappa shape index (κ3) is 1260. The second-order valence-electron chi connectivity index (χ2n) is 0.977. The van der Waals surface area contributed by atoms with Crippen LogP contribution in [0.5, 0.6) is 0 Å². The fraction of sp³-hybridized carbons (Fsp3) is 0. The van der Waals surface area contributed by atoms with Gasteiger partial charge in [-0.15, -0.1) is 4.91 Å². The van der Waals surface area contributed by atoms with Crippen LogP contribution in [0.25, 0.3) is 0 Å². The van der Waals surface area contributed by atoms with E-state index in [4.69, 9.17) is 45.2 Å². The summed E-state index contributed by atoms with van der Waals surface area (Å²) >= 11 is 0. The fourth-order valence-corrected chi connectivity index (χ4v) is 0. The van der Waals surface area contributed by atoms with E-state index in [1.165, 1.54) is 5.34 Å². The molecule has 0 aliphatic carbocycles. The standard InChI is InChI=1S/HNO2.2H2O4S/c2-1-3;2*1-5(2,3)4/h(H,2,3);2*(H2,1,2,3,4). The van der Waals surface area contributed by atoms with Crippen molar-refractivity contribution in [3.63, 3.8) is 0 Å². The Hall–Kier alpha value is -0.860. The minimum Gasteiger partial charge on any atom is -0.379 e. The largest absolute Gasteiger partial charge is 0.394 e. The highest BCUT2D eigenvalue weighted by Crippen LogP contribution is 1.59. The smallest absolute Gasteiger partial charge is 0.379 e. The summed E-state index contributed by atoms with van der Waals surface area (Å²) in [5.41, 5.74) is 0. The maximum Gasteiger partial charge on any atom is 0.394 e. The van der Waals surface area contributed by atoms with Crippen molar-refractivity contribution in [2.24, 2.45) is 5.34 Å². The Kier molecular flexibility index (Phi) is 10.8. The first-order valence-electron chi connectivity index (χ1n) is 1.78. The molecule has 5 N–H and O–H groups in total. The molecule has 0 spiro atoms. The Bertz CT molecular complexity index is 246. The number of nitrogens with zero attached hydrogens (tertiary/aromatic N) is 1. The molecule has 0 unspecified atom stereocenters. The summed E-state index contributed by atoms with van der Waals surface area (Å²) < 4.78 is 63.2. The van der Waals surface area contributed by atoms with Crippen molar-refractivity contribution in [3.05, 3.63) is 4.91 Å². The Morgan fingerprint density at radius 2 is 0.769 bits per heavy atom. The van der Waals surface area contributed by atoms with E-state index >= 15 is 0 Å². The summed E-state index contributed by atoms with van der Waals surface area (Å²) in [6, 6.07) is 0. The first-order chi connectivity index (χ1) is 5.41. The van der Waals surface area contributed by atoms with Gasteiger partial charge in [-0.25, -0.2) is 0 Å². The lowest BCUT2D eigenvalue weighted by Crippen LogP contribution is -1.89. The topological polar surface area (TPSA) is 199 Å². The lowest BCUT2D eigenvalue weighted by molar-refractivity contribution is 0.312. The zero-order valence-corrected chi connectivity index (χ0v) is 7.17. The van der Waals surface area contributed by atoms with Gasteiger partial charge in [-0.3, -0.25) is 18.2 Å². The van der Waals surface area contributed by atoms with Crippen LogP contribution in [0.1, 0.15) is 0 Å². The van der Waals surface area contributed by atoms with Gasteiger partial charge in [-0.05, 0) is 0 Å². The highest BCUT2D eigenvalue weighted by atomic mass is 32.3. The van der Waals surface area contributed by atoms with Gasteiger partial charge in [0.1, 0.15) is 0 Å². The van der Waals surface area contributed by atoms with Gasteiger partial charge in [0, 0.05) is 0 Å². The number of hydrogen-bond acceptors (Lipinski definition) is 6. The van der Waals surface area contributed by atoms with Crippen LogP contribution in [0.3, 0.4) is 0 Å². The molecule has 0 atom stereocenters. The predicted molar refractivity (Wildman–Crippen MR) is 35.9 cm³/mol. The van der Waals surface area contributed by atoms with Crippen LogP contribution in [0, 0.1) is 4.91 Å². The van der Waals surface area contributed by atoms with E-state index in [2.05, 4.69) is 0 Å². The molecule has 0 aromatic heterocycles. The summed E-state index contributed by atoms with van der Waals surface area (Å²) in [6.07, 6.45) is 0. The minimum atomic E-state index is -4.67. The van der Waals surface area contributed by atoms with Crippen LogP contribution < -0.4 is 0 Å². The Labute approximate surface area is 72.1 Å². The van der Waals surface area contributed by atoms with Gasteiger partial charge < -0.3 is 5.21 Å². The summed E-state index contributed by atoms with van der Waals surface area (Å²) in [7, 11) is -9.33. The lowest BCUT2D eigenvalue weighted by atomic mass is 13.4. The molecule has 0 amide bonds. The zero-order valence-electron chi connectivity index (χ0n) is 5.54. The van der Waals surface area contributed by atoms with E-state index in [0.717, 1.165) is 0 Å². The minimum absolute atomic E-state index is 1.25. The quantitative estimate of drug-likeness (QED) is 0.196. The highest BCUT2D eigenvalue weighted by molar-refractivity contribution is 7.80. The molecule has 0 aliphatic heterocycles. The Morgan fingerprint density at radius 3 is 0.769 bits per heavy atom. The second kappa shape index (κ2) is 7.77. The molecule has 0 saturated heterocycles. The van der Waals surface area contributed by atoms with E-state index in [9.17, 15) is 0 Å². The molecule has 0 aromatic carbocycles. The predicted octanol–water partition coefficient (Wildman–Crippen LogP) is -1.16. The molecule has 0 aliphatic rings. The maximum absolute atomic E-state index is 8.74. The SMILES string of the molecule is O=NO.O=S(=O)(O)O.O=S(=O)(O)O. The van der Waals surface area contributed by atoms with E-state index in [0.29, 0.717) is 0 Å². The van der Waals surface area contributed by atoms with Crippen LogP contribution in [0.15, 0.2) is 5.34 Å². The normalized spacial score (nSPS) is 9.85. The number of rotatable bonds is 0. The second-order valence-corrected chi connectivity index (χ2v) is 2.77. The van der Waals surface area contributed by atoms with Crippen LogP contribution >= 0.6 is 0 Å². The van der Waals surface area contributed by atoms with Gasteiger partial charge in [0.05, 0.1) is 0 Å². The van der Waals surface area contributed by atoms with Gasteiger partial charge in [0.2, 0.25) is 0 Å². The third-order valence-electron chi connectivity index (χ3n) is 0. The van der Waals surface area contributed by atoms with Gasteiger partial charge in [0.15, 0.2) is 5.34 Å². The number of hydrogen-bond donors (Lipinski definition) is 5. The molecule has 0 bridgehead atoms. The molecule has 0 fully saturated rings. The monoisotopic (exact) mass is 243 g/mol. The average Bonchev–Trinajstić information content (AvgIpc) is 1.52. The van der Waals surface area contributed by atoms with E-state index in [1.807, 2.05) is 0 Å². The molecule has 0 radical (unpaired) electrons. The highest BCUT2D eigenvalue weighted by Gasteiger charge is 1.85. The molecule has 13 heavy (non-hydrogen) atoms. The molecule has 0 aromatic rings. The summed E-state index contributed by atoms with van der Waals surface area (Å²) in [6.45, 7) is 0. The maximum atomic E-state index is 8.74. The molecule has 0 heterocycles. The average molecular weight is 243 g/mol. The Morgan fingerprint density at radius 1 is 0.769 bits per heavy atom.